The van der Waals surface area contributed by atoms with E-state index in [4.69, 9.17) is 9.97 Å². The van der Waals surface area contributed by atoms with E-state index in [-0.39, 0.29) is 0 Å². The van der Waals surface area contributed by atoms with Gasteiger partial charge in [-0.3, -0.25) is 9.88 Å². The molecule has 25 heavy (non-hydrogen) atoms. The minimum Gasteiger partial charge on any atom is -0.353 e. The topological polar surface area (TPSA) is 57.2 Å². The summed E-state index contributed by atoms with van der Waals surface area (Å²) in [6.45, 7) is 6.44. The maximum absolute atomic E-state index is 5.02. The number of pyridine rings is 1. The molecule has 1 atom stereocenters. The van der Waals surface area contributed by atoms with Crippen LogP contribution in [0.25, 0.3) is 11.4 Å². The second-order valence-electron chi connectivity index (χ2n) is 7.24. The molecule has 6 heteroatoms. The Kier molecular flexibility index (Phi) is 3.87. The van der Waals surface area contributed by atoms with Crippen molar-refractivity contribution in [1.82, 2.24) is 25.2 Å². The first-order chi connectivity index (χ1) is 12.4. The molecule has 0 bridgehead atoms. The SMILES string of the molecule is c1cncc(-c2nc3c(c(N4CCN5CCC[C@H]5C4)n2)CCNC3)c1. The highest BCUT2D eigenvalue weighted by molar-refractivity contribution is 5.60. The Balaban J connectivity index is 1.55. The first-order valence-electron chi connectivity index (χ1n) is 9.38. The summed E-state index contributed by atoms with van der Waals surface area (Å²) in [6.07, 6.45) is 7.33. The molecule has 2 saturated heterocycles. The molecule has 5 rings (SSSR count). The molecule has 0 saturated carbocycles. The standard InChI is InChI=1S/C19H24N6/c1-3-14(11-20-6-1)18-22-17-12-21-7-5-16(17)19(23-18)25-10-9-24-8-2-4-15(24)13-25/h1,3,6,11,15,21H,2,4-5,7-10,12-13H2/t15-/m0/s1. The van der Waals surface area contributed by atoms with E-state index in [1.165, 1.54) is 24.9 Å². The minimum absolute atomic E-state index is 0.697. The van der Waals surface area contributed by atoms with Gasteiger partial charge in [-0.2, -0.15) is 0 Å². The molecule has 3 aliphatic heterocycles. The zero-order chi connectivity index (χ0) is 16.6. The van der Waals surface area contributed by atoms with Crippen LogP contribution in [0.3, 0.4) is 0 Å². The van der Waals surface area contributed by atoms with Crippen molar-refractivity contribution in [2.75, 3.05) is 37.6 Å². The number of nitrogens with zero attached hydrogens (tertiary/aromatic N) is 5. The van der Waals surface area contributed by atoms with Crippen LogP contribution in [0, 0.1) is 0 Å². The molecule has 1 N–H and O–H groups in total. The molecule has 130 valence electrons. The fourth-order valence-corrected chi connectivity index (χ4v) is 4.41. The third-order valence-corrected chi connectivity index (χ3v) is 5.72. The van der Waals surface area contributed by atoms with Crippen molar-refractivity contribution in [3.63, 3.8) is 0 Å². The smallest absolute Gasteiger partial charge is 0.163 e. The summed E-state index contributed by atoms with van der Waals surface area (Å²) in [6, 6.07) is 4.69. The van der Waals surface area contributed by atoms with Gasteiger partial charge < -0.3 is 10.2 Å². The third kappa shape index (κ3) is 2.79. The second-order valence-corrected chi connectivity index (χ2v) is 7.24. The number of aromatic nitrogens is 3. The lowest BCUT2D eigenvalue weighted by molar-refractivity contribution is 0.230. The van der Waals surface area contributed by atoms with Crippen molar-refractivity contribution >= 4 is 5.82 Å². The molecule has 6 nitrogen and oxygen atoms in total. The Bertz CT molecular complexity index is 762. The Hall–Kier alpha value is -2.05. The van der Waals surface area contributed by atoms with Gasteiger partial charge in [-0.05, 0) is 44.5 Å². The van der Waals surface area contributed by atoms with Gasteiger partial charge in [0.1, 0.15) is 5.82 Å². The summed E-state index contributed by atoms with van der Waals surface area (Å²) in [5.74, 6) is 1.97. The fraction of sp³-hybridized carbons (Fsp3) is 0.526. The predicted molar refractivity (Wildman–Crippen MR) is 97.5 cm³/mol. The normalized spacial score (nSPS) is 23.4. The van der Waals surface area contributed by atoms with Gasteiger partial charge in [0.15, 0.2) is 5.82 Å². The molecule has 0 amide bonds. The molecule has 5 heterocycles. The van der Waals surface area contributed by atoms with Gasteiger partial charge in [0.25, 0.3) is 0 Å². The van der Waals surface area contributed by atoms with E-state index in [1.54, 1.807) is 6.20 Å². The van der Waals surface area contributed by atoms with Crippen molar-refractivity contribution in [2.45, 2.75) is 31.8 Å². The van der Waals surface area contributed by atoms with Crippen LogP contribution in [0.5, 0.6) is 0 Å². The van der Waals surface area contributed by atoms with E-state index in [9.17, 15) is 0 Å². The monoisotopic (exact) mass is 336 g/mol. The zero-order valence-electron chi connectivity index (χ0n) is 14.5. The van der Waals surface area contributed by atoms with Crippen LogP contribution in [0.1, 0.15) is 24.1 Å². The highest BCUT2D eigenvalue weighted by Crippen LogP contribution is 2.30. The van der Waals surface area contributed by atoms with Gasteiger partial charge in [-0.1, -0.05) is 0 Å². The number of rotatable bonds is 2. The van der Waals surface area contributed by atoms with Gasteiger partial charge >= 0.3 is 0 Å². The van der Waals surface area contributed by atoms with Crippen LogP contribution < -0.4 is 10.2 Å². The van der Waals surface area contributed by atoms with E-state index in [0.717, 1.165) is 62.0 Å². The number of hydrogen-bond acceptors (Lipinski definition) is 6. The van der Waals surface area contributed by atoms with Crippen molar-refractivity contribution in [3.05, 3.63) is 35.8 Å². The van der Waals surface area contributed by atoms with Crippen molar-refractivity contribution < 1.29 is 0 Å². The van der Waals surface area contributed by atoms with Crippen LogP contribution in [0.2, 0.25) is 0 Å². The Morgan fingerprint density at radius 2 is 2.16 bits per heavy atom. The molecular formula is C19H24N6. The van der Waals surface area contributed by atoms with Crippen LogP contribution in [-0.4, -0.2) is 58.6 Å². The average Bonchev–Trinajstić information content (AvgIpc) is 3.15. The Morgan fingerprint density at radius 3 is 3.08 bits per heavy atom. The molecular weight excluding hydrogens is 312 g/mol. The number of hydrogen-bond donors (Lipinski definition) is 1. The van der Waals surface area contributed by atoms with E-state index in [0.29, 0.717) is 6.04 Å². The zero-order valence-corrected chi connectivity index (χ0v) is 14.5. The average molecular weight is 336 g/mol. The van der Waals surface area contributed by atoms with Crippen LogP contribution in [0.15, 0.2) is 24.5 Å². The van der Waals surface area contributed by atoms with Crippen molar-refractivity contribution in [2.24, 2.45) is 0 Å². The number of fused-ring (bicyclic) bond motifs is 2. The van der Waals surface area contributed by atoms with E-state index < -0.39 is 0 Å². The predicted octanol–water partition coefficient (Wildman–Crippen LogP) is 1.47. The van der Waals surface area contributed by atoms with Crippen LogP contribution in [0.4, 0.5) is 5.82 Å². The lowest BCUT2D eigenvalue weighted by atomic mass is 10.0. The van der Waals surface area contributed by atoms with Crippen molar-refractivity contribution in [3.8, 4) is 11.4 Å². The molecule has 0 radical (unpaired) electrons. The van der Waals surface area contributed by atoms with E-state index >= 15 is 0 Å². The molecule has 0 aliphatic carbocycles. The summed E-state index contributed by atoms with van der Waals surface area (Å²) in [5, 5.41) is 3.45. The van der Waals surface area contributed by atoms with Crippen LogP contribution >= 0.6 is 0 Å². The number of nitrogens with one attached hydrogen (secondary N) is 1. The summed E-state index contributed by atoms with van der Waals surface area (Å²) in [4.78, 5) is 19.3. The number of anilines is 1. The fourth-order valence-electron chi connectivity index (χ4n) is 4.41. The minimum atomic E-state index is 0.697. The highest BCUT2D eigenvalue weighted by atomic mass is 15.3. The third-order valence-electron chi connectivity index (χ3n) is 5.72. The molecule has 2 fully saturated rings. The summed E-state index contributed by atoms with van der Waals surface area (Å²) in [5.41, 5.74) is 3.50. The van der Waals surface area contributed by atoms with Crippen molar-refractivity contribution in [1.29, 1.82) is 0 Å². The maximum Gasteiger partial charge on any atom is 0.163 e. The molecule has 0 aromatic carbocycles. The number of piperazine rings is 1. The summed E-state index contributed by atoms with van der Waals surface area (Å²) in [7, 11) is 0. The quantitative estimate of drug-likeness (QED) is 0.896. The second kappa shape index (κ2) is 6.35. The molecule has 0 unspecified atom stereocenters. The largest absolute Gasteiger partial charge is 0.353 e. The van der Waals surface area contributed by atoms with Gasteiger partial charge in [0.05, 0.1) is 5.69 Å². The Labute approximate surface area is 148 Å². The van der Waals surface area contributed by atoms with E-state index in [1.807, 2.05) is 18.3 Å². The van der Waals surface area contributed by atoms with Gasteiger partial charge in [-0.15, -0.1) is 0 Å². The van der Waals surface area contributed by atoms with Gasteiger partial charge in [0.2, 0.25) is 0 Å². The first kappa shape index (κ1) is 15.2. The lowest BCUT2D eigenvalue weighted by Crippen LogP contribution is -2.51. The molecule has 0 spiro atoms. The highest BCUT2D eigenvalue weighted by Gasteiger charge is 2.33. The molecule has 2 aromatic heterocycles. The molecule has 3 aliphatic rings. The molecule has 2 aromatic rings. The maximum atomic E-state index is 5.02. The van der Waals surface area contributed by atoms with Gasteiger partial charge in [-0.25, -0.2) is 9.97 Å². The summed E-state index contributed by atoms with van der Waals surface area (Å²) >= 11 is 0. The van der Waals surface area contributed by atoms with Gasteiger partial charge in [0, 0.05) is 55.7 Å². The first-order valence-corrected chi connectivity index (χ1v) is 9.38. The summed E-state index contributed by atoms with van der Waals surface area (Å²) < 4.78 is 0. The van der Waals surface area contributed by atoms with E-state index in [2.05, 4.69) is 20.1 Å². The Morgan fingerprint density at radius 1 is 1.16 bits per heavy atom. The van der Waals surface area contributed by atoms with Crippen LogP contribution in [-0.2, 0) is 13.0 Å². The lowest BCUT2D eigenvalue weighted by Gasteiger charge is -2.39.